The fourth-order valence-electron chi connectivity index (χ4n) is 3.14. The molecular weight excluding hydrogens is 422 g/mol. The van der Waals surface area contributed by atoms with Crippen LogP contribution in [0.15, 0.2) is 77.7 Å². The average Bonchev–Trinajstić information content (AvgIpc) is 2.76. The van der Waals surface area contributed by atoms with Gasteiger partial charge in [0, 0.05) is 12.1 Å². The molecule has 1 unspecified atom stereocenters. The van der Waals surface area contributed by atoms with Crippen molar-refractivity contribution in [3.05, 3.63) is 95.6 Å². The van der Waals surface area contributed by atoms with Gasteiger partial charge in [0.05, 0.1) is 16.6 Å². The van der Waals surface area contributed by atoms with Crippen molar-refractivity contribution in [1.29, 1.82) is 0 Å². The number of benzene rings is 3. The Morgan fingerprint density at radius 3 is 2.19 bits per heavy atom. The minimum Gasteiger partial charge on any atom is -0.346 e. The number of hydrogen-bond acceptors (Lipinski definition) is 3. The number of halogens is 2. The summed E-state index contributed by atoms with van der Waals surface area (Å²) < 4.78 is 53.9. The summed E-state index contributed by atoms with van der Waals surface area (Å²) in [7, 11) is -3.80. The van der Waals surface area contributed by atoms with Gasteiger partial charge in [-0.15, -0.1) is 0 Å². The Hall–Kier alpha value is -3.26. The van der Waals surface area contributed by atoms with E-state index in [1.54, 1.807) is 44.2 Å². The molecule has 8 heteroatoms. The molecule has 0 spiro atoms. The molecule has 1 atom stereocenters. The molecule has 5 nitrogen and oxygen atoms in total. The number of carbonyl (C=O) groups excluding carboxylic acids is 1. The maximum Gasteiger partial charge on any atom is 0.264 e. The van der Waals surface area contributed by atoms with Crippen molar-refractivity contribution in [3.8, 4) is 0 Å². The van der Waals surface area contributed by atoms with Gasteiger partial charge < -0.3 is 5.32 Å². The average molecular weight is 445 g/mol. The number of hydrogen-bond donors (Lipinski definition) is 1. The summed E-state index contributed by atoms with van der Waals surface area (Å²) in [6, 6.07) is 17.2. The molecule has 0 aliphatic carbocycles. The van der Waals surface area contributed by atoms with Crippen LogP contribution in [0.5, 0.6) is 0 Å². The normalized spacial score (nSPS) is 12.3. The molecule has 0 saturated carbocycles. The molecule has 3 rings (SSSR count). The van der Waals surface area contributed by atoms with Crippen LogP contribution in [0.2, 0.25) is 0 Å². The molecule has 3 aromatic rings. The molecule has 0 radical (unpaired) electrons. The zero-order valence-corrected chi connectivity index (χ0v) is 17.9. The van der Waals surface area contributed by atoms with Gasteiger partial charge in [0.25, 0.3) is 15.9 Å². The van der Waals surface area contributed by atoms with Crippen molar-refractivity contribution in [1.82, 2.24) is 5.32 Å². The molecule has 0 heterocycles. The van der Waals surface area contributed by atoms with Gasteiger partial charge in [-0.05, 0) is 67.9 Å². The largest absolute Gasteiger partial charge is 0.346 e. The van der Waals surface area contributed by atoms with E-state index in [1.165, 1.54) is 34.6 Å². The van der Waals surface area contributed by atoms with Crippen LogP contribution in [-0.4, -0.2) is 20.9 Å². The highest BCUT2D eigenvalue weighted by Gasteiger charge is 2.24. The first-order valence-corrected chi connectivity index (χ1v) is 11.1. The number of rotatable bonds is 7. The second-order valence-electron chi connectivity index (χ2n) is 6.90. The zero-order chi connectivity index (χ0) is 22.6. The number of sulfonamides is 1. The van der Waals surface area contributed by atoms with E-state index in [0.29, 0.717) is 11.3 Å². The van der Waals surface area contributed by atoms with Crippen LogP contribution in [0.3, 0.4) is 0 Å². The van der Waals surface area contributed by atoms with Crippen molar-refractivity contribution < 1.29 is 22.0 Å². The number of para-hydroxylation sites is 1. The van der Waals surface area contributed by atoms with Gasteiger partial charge >= 0.3 is 0 Å². The molecule has 1 amide bonds. The van der Waals surface area contributed by atoms with E-state index in [-0.39, 0.29) is 17.0 Å². The van der Waals surface area contributed by atoms with Gasteiger partial charge in [-0.25, -0.2) is 17.2 Å². The Morgan fingerprint density at radius 2 is 1.61 bits per heavy atom. The molecule has 0 aromatic heterocycles. The fourth-order valence-corrected chi connectivity index (χ4v) is 4.61. The molecule has 1 N–H and O–H groups in total. The van der Waals surface area contributed by atoms with Crippen LogP contribution in [0.25, 0.3) is 0 Å². The summed E-state index contributed by atoms with van der Waals surface area (Å²) in [5.41, 5.74) is 1.20. The van der Waals surface area contributed by atoms with E-state index in [4.69, 9.17) is 0 Å². The predicted octanol–water partition coefficient (Wildman–Crippen LogP) is 4.67. The van der Waals surface area contributed by atoms with Gasteiger partial charge in [0.2, 0.25) is 0 Å². The Morgan fingerprint density at radius 1 is 0.968 bits per heavy atom. The van der Waals surface area contributed by atoms with Gasteiger partial charge in [-0.3, -0.25) is 9.10 Å². The quantitative estimate of drug-likeness (QED) is 0.576. The maximum absolute atomic E-state index is 13.4. The van der Waals surface area contributed by atoms with E-state index in [2.05, 4.69) is 5.32 Å². The predicted molar refractivity (Wildman–Crippen MR) is 115 cm³/mol. The first-order valence-electron chi connectivity index (χ1n) is 9.67. The minimum absolute atomic E-state index is 0.0587. The smallest absolute Gasteiger partial charge is 0.264 e. The zero-order valence-electron chi connectivity index (χ0n) is 17.0. The first-order chi connectivity index (χ1) is 14.7. The van der Waals surface area contributed by atoms with Crippen LogP contribution < -0.4 is 9.62 Å². The minimum atomic E-state index is -3.80. The third kappa shape index (κ3) is 4.91. The fraction of sp³-hybridized carbons (Fsp3) is 0.174. The highest BCUT2D eigenvalue weighted by molar-refractivity contribution is 7.92. The molecular formula is C23H22F2N2O3S. The Balaban J connectivity index is 1.77. The van der Waals surface area contributed by atoms with E-state index < -0.39 is 33.6 Å². The van der Waals surface area contributed by atoms with Gasteiger partial charge in [-0.2, -0.15) is 0 Å². The van der Waals surface area contributed by atoms with Crippen LogP contribution in [-0.2, 0) is 10.0 Å². The third-order valence-corrected chi connectivity index (χ3v) is 6.74. The number of nitrogens with one attached hydrogen (secondary N) is 1. The Labute approximate surface area is 180 Å². The first kappa shape index (κ1) is 22.4. The number of amides is 1. The van der Waals surface area contributed by atoms with Crippen molar-refractivity contribution in [3.63, 3.8) is 0 Å². The molecule has 0 aliphatic rings. The summed E-state index contributed by atoms with van der Waals surface area (Å²) in [5.74, 6) is -2.42. The summed E-state index contributed by atoms with van der Waals surface area (Å²) in [4.78, 5) is 12.6. The summed E-state index contributed by atoms with van der Waals surface area (Å²) >= 11 is 0. The molecule has 0 saturated heterocycles. The monoisotopic (exact) mass is 444 g/mol. The van der Waals surface area contributed by atoms with E-state index in [9.17, 15) is 22.0 Å². The van der Waals surface area contributed by atoms with Gasteiger partial charge in [0.1, 0.15) is 0 Å². The lowest BCUT2D eigenvalue weighted by Gasteiger charge is -2.23. The van der Waals surface area contributed by atoms with E-state index in [0.717, 1.165) is 12.1 Å². The number of carbonyl (C=O) groups is 1. The van der Waals surface area contributed by atoms with E-state index >= 15 is 0 Å². The van der Waals surface area contributed by atoms with Crippen molar-refractivity contribution in [2.75, 3.05) is 10.8 Å². The molecule has 0 fully saturated rings. The van der Waals surface area contributed by atoms with E-state index in [1.807, 2.05) is 0 Å². The Kier molecular flexibility index (Phi) is 6.70. The number of nitrogens with zero attached hydrogens (tertiary/aromatic N) is 1. The van der Waals surface area contributed by atoms with Crippen molar-refractivity contribution in [2.24, 2.45) is 0 Å². The van der Waals surface area contributed by atoms with Crippen LogP contribution >= 0.6 is 0 Å². The van der Waals surface area contributed by atoms with Crippen LogP contribution in [0, 0.1) is 11.6 Å². The SMILES string of the molecule is CCN(c1ccccc1)S(=O)(=O)c1ccc(C(=O)NC(C)c2ccc(F)c(F)c2)cc1. The summed E-state index contributed by atoms with van der Waals surface area (Å²) in [5, 5.41) is 2.69. The molecule has 0 aliphatic heterocycles. The van der Waals surface area contributed by atoms with Gasteiger partial charge in [0.15, 0.2) is 11.6 Å². The molecule has 3 aromatic carbocycles. The maximum atomic E-state index is 13.4. The lowest BCUT2D eigenvalue weighted by Crippen LogP contribution is -2.31. The van der Waals surface area contributed by atoms with Crippen molar-refractivity contribution >= 4 is 21.6 Å². The second kappa shape index (κ2) is 9.26. The van der Waals surface area contributed by atoms with Gasteiger partial charge in [-0.1, -0.05) is 24.3 Å². The highest BCUT2D eigenvalue weighted by Crippen LogP contribution is 2.24. The summed E-state index contributed by atoms with van der Waals surface area (Å²) in [6.07, 6.45) is 0. The van der Waals surface area contributed by atoms with Crippen LogP contribution in [0.1, 0.15) is 35.8 Å². The van der Waals surface area contributed by atoms with Crippen molar-refractivity contribution in [2.45, 2.75) is 24.8 Å². The van der Waals surface area contributed by atoms with Crippen LogP contribution in [0.4, 0.5) is 14.5 Å². The molecule has 162 valence electrons. The topological polar surface area (TPSA) is 66.5 Å². The lowest BCUT2D eigenvalue weighted by molar-refractivity contribution is 0.0939. The Bertz CT molecular complexity index is 1170. The lowest BCUT2D eigenvalue weighted by atomic mass is 10.1. The standard InChI is InChI=1S/C23H22F2N2O3S/c1-3-27(19-7-5-4-6-8-19)31(29,30)20-12-9-17(10-13-20)23(28)26-16(2)18-11-14-21(24)22(25)15-18/h4-16H,3H2,1-2H3,(H,26,28). The molecule has 31 heavy (non-hydrogen) atoms. The third-order valence-electron chi connectivity index (χ3n) is 4.83. The summed E-state index contributed by atoms with van der Waals surface area (Å²) in [6.45, 7) is 3.63. The highest BCUT2D eigenvalue weighted by atomic mass is 32.2. The number of anilines is 1. The second-order valence-corrected chi connectivity index (χ2v) is 8.76. The molecule has 0 bridgehead atoms.